The van der Waals surface area contributed by atoms with Gasteiger partial charge in [-0.1, -0.05) is 121 Å². The number of fused-ring (bicyclic) bond motifs is 7. The third-order valence-corrected chi connectivity index (χ3v) is 8.95. The number of rotatable bonds is 3. The molecule has 9 rings (SSSR count). The quantitative estimate of drug-likeness (QED) is 0.156. The first-order valence-corrected chi connectivity index (χ1v) is 15.9. The molecule has 2 aromatic heterocycles. The maximum Gasteiger partial charge on any atom is 0.229 e. The maximum absolute atomic E-state index is 9.28. The molecule has 0 spiro atoms. The van der Waals surface area contributed by atoms with Crippen molar-refractivity contribution in [3.05, 3.63) is 169 Å². The first kappa shape index (κ1) is 27.7. The average molecular weight is 617 g/mol. The molecule has 0 aliphatic rings. The molecule has 0 saturated heterocycles. The summed E-state index contributed by atoms with van der Waals surface area (Å²) in [6.07, 6.45) is 1.79. The lowest BCUT2D eigenvalue weighted by Gasteiger charge is -2.08. The van der Waals surface area contributed by atoms with Crippen LogP contribution in [0.15, 0.2) is 172 Å². The minimum Gasteiger partial charge on any atom is -0.456 e. The van der Waals surface area contributed by atoms with Crippen molar-refractivity contribution >= 4 is 72.5 Å². The van der Waals surface area contributed by atoms with Gasteiger partial charge in [0.25, 0.3) is 0 Å². The minimum atomic E-state index is 0.0795. The Balaban J connectivity index is 1.20. The van der Waals surface area contributed by atoms with Crippen LogP contribution in [0.25, 0.3) is 65.6 Å². The Hall–Kier alpha value is -6.59. The molecule has 0 aliphatic carbocycles. The minimum absolute atomic E-state index is 0.0795. The van der Waals surface area contributed by atoms with E-state index >= 15 is 0 Å². The highest BCUT2D eigenvalue weighted by atomic mass is 16.3. The second-order valence-corrected chi connectivity index (χ2v) is 11.9. The van der Waals surface area contributed by atoms with Crippen LogP contribution in [0, 0.1) is 5.41 Å². The monoisotopic (exact) mass is 616 g/mol. The highest BCUT2D eigenvalue weighted by Crippen LogP contribution is 2.38. The predicted molar refractivity (Wildman–Crippen MR) is 200 cm³/mol. The van der Waals surface area contributed by atoms with Crippen molar-refractivity contribution in [1.82, 2.24) is 4.57 Å². The standard InChI is InChI=1S/C43H28N4O/c44-43(47-37-18-8-6-15-34(37)35-16-7-9-19-38(35)47)46-42(45-27-28-11-2-1-3-12-28)32-23-24-36-40(26-32)48-39-20-10-17-33(41(36)39)31-22-21-29-13-4-5-14-30(29)25-31/h1-27,44H/b44-43?,45-27+,46-42-. The summed E-state index contributed by atoms with van der Waals surface area (Å²) in [7, 11) is 0. The Bertz CT molecular complexity index is 2700. The number of hydrogen-bond donors (Lipinski definition) is 1. The summed E-state index contributed by atoms with van der Waals surface area (Å²) in [4.78, 5) is 9.74. The molecular weight excluding hydrogens is 589 g/mol. The molecule has 0 unspecified atom stereocenters. The van der Waals surface area contributed by atoms with Gasteiger partial charge in [0, 0.05) is 33.3 Å². The fourth-order valence-electron chi connectivity index (χ4n) is 6.71. The lowest BCUT2D eigenvalue weighted by Crippen LogP contribution is -2.11. The highest BCUT2D eigenvalue weighted by molar-refractivity contribution is 6.18. The van der Waals surface area contributed by atoms with Gasteiger partial charge < -0.3 is 4.42 Å². The van der Waals surface area contributed by atoms with Gasteiger partial charge in [-0.3, -0.25) is 9.98 Å². The van der Waals surface area contributed by atoms with Crippen molar-refractivity contribution in [2.45, 2.75) is 0 Å². The number of amidine groups is 1. The number of aliphatic imine (C=N–C) groups is 2. The van der Waals surface area contributed by atoms with Crippen molar-refractivity contribution in [3.8, 4) is 11.1 Å². The number of para-hydroxylation sites is 2. The SMILES string of the molecule is N=C(/N=C(\N=C\c1ccccc1)c1ccc2c(c1)oc1cccc(-c3ccc4ccccc4c3)c12)n1c2ccccc2c2ccccc21. The molecule has 0 saturated carbocycles. The zero-order valence-corrected chi connectivity index (χ0v) is 25.8. The van der Waals surface area contributed by atoms with E-state index < -0.39 is 0 Å². The van der Waals surface area contributed by atoms with Gasteiger partial charge in [-0.05, 0) is 63.9 Å². The fraction of sp³-hybridized carbons (Fsp3) is 0. The average Bonchev–Trinajstić information content (AvgIpc) is 3.69. The van der Waals surface area contributed by atoms with Crippen LogP contribution in [0.3, 0.4) is 0 Å². The summed E-state index contributed by atoms with van der Waals surface area (Å²) in [5.74, 6) is 0.499. The van der Waals surface area contributed by atoms with Crippen LogP contribution >= 0.6 is 0 Å². The Morgan fingerprint density at radius 2 is 1.29 bits per heavy atom. The fourth-order valence-corrected chi connectivity index (χ4v) is 6.71. The zero-order chi connectivity index (χ0) is 32.0. The molecule has 0 amide bonds. The van der Waals surface area contributed by atoms with Crippen molar-refractivity contribution in [2.24, 2.45) is 9.98 Å². The number of hydrogen-bond acceptors (Lipinski definition) is 2. The predicted octanol–water partition coefficient (Wildman–Crippen LogP) is 10.9. The molecule has 2 heterocycles. The van der Waals surface area contributed by atoms with E-state index in [-0.39, 0.29) is 5.96 Å². The summed E-state index contributed by atoms with van der Waals surface area (Å²) in [6.45, 7) is 0. The van der Waals surface area contributed by atoms with E-state index in [1.807, 2.05) is 95.6 Å². The van der Waals surface area contributed by atoms with Crippen LogP contribution in [0.5, 0.6) is 0 Å². The number of benzene rings is 7. The molecule has 1 N–H and O–H groups in total. The normalized spacial score (nSPS) is 12.3. The Kier molecular flexibility index (Phi) is 6.54. The summed E-state index contributed by atoms with van der Waals surface area (Å²) >= 11 is 0. The second-order valence-electron chi connectivity index (χ2n) is 11.9. The summed E-state index contributed by atoms with van der Waals surface area (Å²) < 4.78 is 8.37. The molecule has 0 fully saturated rings. The van der Waals surface area contributed by atoms with E-state index in [2.05, 4.69) is 66.7 Å². The van der Waals surface area contributed by atoms with Crippen LogP contribution in [-0.2, 0) is 0 Å². The van der Waals surface area contributed by atoms with Gasteiger partial charge in [0.05, 0.1) is 11.0 Å². The smallest absolute Gasteiger partial charge is 0.229 e. The molecule has 9 aromatic rings. The van der Waals surface area contributed by atoms with Crippen molar-refractivity contribution < 1.29 is 4.42 Å². The second kappa shape index (κ2) is 11.3. The summed E-state index contributed by atoms with van der Waals surface area (Å²) in [6, 6.07) is 53.5. The van der Waals surface area contributed by atoms with Crippen molar-refractivity contribution in [3.63, 3.8) is 0 Å². The van der Waals surface area contributed by atoms with Gasteiger partial charge in [-0.2, -0.15) is 4.99 Å². The first-order valence-electron chi connectivity index (χ1n) is 15.9. The maximum atomic E-state index is 9.28. The van der Waals surface area contributed by atoms with E-state index in [1.54, 1.807) is 6.21 Å². The van der Waals surface area contributed by atoms with Gasteiger partial charge in [0.2, 0.25) is 5.96 Å². The van der Waals surface area contributed by atoms with Crippen molar-refractivity contribution in [2.75, 3.05) is 0 Å². The first-order chi connectivity index (χ1) is 23.7. The number of aromatic nitrogens is 1. The van der Waals surface area contributed by atoms with Gasteiger partial charge in [0.15, 0.2) is 5.84 Å². The molecule has 0 aliphatic heterocycles. The molecule has 0 radical (unpaired) electrons. The highest BCUT2D eigenvalue weighted by Gasteiger charge is 2.17. The van der Waals surface area contributed by atoms with Crippen LogP contribution in [-0.4, -0.2) is 22.6 Å². The molecule has 7 aromatic carbocycles. The zero-order valence-electron chi connectivity index (χ0n) is 25.8. The largest absolute Gasteiger partial charge is 0.456 e. The number of nitrogens with zero attached hydrogens (tertiary/aromatic N) is 3. The Labute approximate surface area is 276 Å². The van der Waals surface area contributed by atoms with Gasteiger partial charge >= 0.3 is 0 Å². The molecule has 0 atom stereocenters. The third kappa shape index (κ3) is 4.68. The van der Waals surface area contributed by atoms with Crippen molar-refractivity contribution in [1.29, 1.82) is 5.41 Å². The van der Waals surface area contributed by atoms with Crippen LogP contribution < -0.4 is 0 Å². The molecule has 0 bridgehead atoms. The van der Waals surface area contributed by atoms with E-state index in [1.165, 1.54) is 10.8 Å². The van der Waals surface area contributed by atoms with Crippen LogP contribution in [0.4, 0.5) is 0 Å². The van der Waals surface area contributed by atoms with E-state index in [9.17, 15) is 5.41 Å². The van der Waals surface area contributed by atoms with Gasteiger partial charge in [-0.25, -0.2) is 4.99 Å². The molecule has 5 heteroatoms. The van der Waals surface area contributed by atoms with Gasteiger partial charge in [-0.15, -0.1) is 0 Å². The molecule has 226 valence electrons. The van der Waals surface area contributed by atoms with E-state index in [0.29, 0.717) is 5.84 Å². The van der Waals surface area contributed by atoms with Crippen LogP contribution in [0.1, 0.15) is 11.1 Å². The lowest BCUT2D eigenvalue weighted by atomic mass is 9.97. The molecular formula is C43H28N4O. The third-order valence-electron chi connectivity index (χ3n) is 8.95. The summed E-state index contributed by atoms with van der Waals surface area (Å²) in [5.41, 5.74) is 7.36. The number of nitrogens with one attached hydrogen (secondary N) is 1. The Morgan fingerprint density at radius 3 is 2.08 bits per heavy atom. The van der Waals surface area contributed by atoms with Gasteiger partial charge in [0.1, 0.15) is 11.2 Å². The van der Waals surface area contributed by atoms with Crippen LogP contribution in [0.2, 0.25) is 0 Å². The molecule has 48 heavy (non-hydrogen) atoms. The number of furan rings is 1. The Morgan fingerprint density at radius 1 is 0.583 bits per heavy atom. The lowest BCUT2D eigenvalue weighted by molar-refractivity contribution is 0.669. The molecule has 5 nitrogen and oxygen atoms in total. The topological polar surface area (TPSA) is 66.6 Å². The van der Waals surface area contributed by atoms with E-state index in [4.69, 9.17) is 14.4 Å². The summed E-state index contributed by atoms with van der Waals surface area (Å²) in [5, 5.41) is 15.9. The van der Waals surface area contributed by atoms with E-state index in [0.717, 1.165) is 66.0 Å².